The van der Waals surface area contributed by atoms with Crippen molar-refractivity contribution in [3.05, 3.63) is 29.8 Å². The molecule has 18 heavy (non-hydrogen) atoms. The van der Waals surface area contributed by atoms with Crippen molar-refractivity contribution in [2.75, 3.05) is 0 Å². The van der Waals surface area contributed by atoms with Gasteiger partial charge in [0.15, 0.2) is 0 Å². The maximum atomic E-state index is 11.9. The summed E-state index contributed by atoms with van der Waals surface area (Å²) in [5, 5.41) is 8.52. The lowest BCUT2D eigenvalue weighted by atomic mass is 9.81. The highest BCUT2D eigenvalue weighted by atomic mass is 32.2. The fraction of sp³-hybridized carbons (Fsp3) is 0.462. The van der Waals surface area contributed by atoms with Crippen LogP contribution in [0, 0.1) is 24.2 Å². The van der Waals surface area contributed by atoms with E-state index in [4.69, 9.17) is 9.44 Å². The van der Waals surface area contributed by atoms with Crippen LogP contribution in [0.25, 0.3) is 0 Å². The topological polar surface area (TPSA) is 67.2 Å². The van der Waals surface area contributed by atoms with Gasteiger partial charge in [0.25, 0.3) is 10.1 Å². The summed E-state index contributed by atoms with van der Waals surface area (Å²) < 4.78 is 29.0. The summed E-state index contributed by atoms with van der Waals surface area (Å²) >= 11 is 0. The standard InChI is InChI=1S/C13H15NO3S/c1-10-2-4-13(5-3-10)18(15,16)17-12-8-11(9-12)6-7-14/h2-5,11-12H,6,8-9H2,1H3. The van der Waals surface area contributed by atoms with E-state index in [9.17, 15) is 8.42 Å². The van der Waals surface area contributed by atoms with Gasteiger partial charge in [-0.25, -0.2) is 0 Å². The molecule has 0 atom stereocenters. The van der Waals surface area contributed by atoms with Crippen molar-refractivity contribution in [2.45, 2.75) is 37.2 Å². The molecule has 0 amide bonds. The van der Waals surface area contributed by atoms with Crippen molar-refractivity contribution in [3.63, 3.8) is 0 Å². The first-order valence-corrected chi connectivity index (χ1v) is 7.29. The molecule has 1 aliphatic carbocycles. The highest BCUT2D eigenvalue weighted by Crippen LogP contribution is 2.34. The smallest absolute Gasteiger partial charge is 0.263 e. The van der Waals surface area contributed by atoms with Gasteiger partial charge in [-0.1, -0.05) is 17.7 Å². The van der Waals surface area contributed by atoms with E-state index in [0.717, 1.165) is 5.56 Å². The predicted molar refractivity (Wildman–Crippen MR) is 66.2 cm³/mol. The second-order valence-electron chi connectivity index (χ2n) is 4.69. The van der Waals surface area contributed by atoms with Gasteiger partial charge in [0.1, 0.15) is 0 Å². The van der Waals surface area contributed by atoms with Crippen LogP contribution in [0.3, 0.4) is 0 Å². The molecule has 0 N–H and O–H groups in total. The minimum absolute atomic E-state index is 0.192. The molecule has 2 rings (SSSR count). The Hall–Kier alpha value is -1.38. The molecule has 0 saturated heterocycles. The molecule has 0 heterocycles. The van der Waals surface area contributed by atoms with Gasteiger partial charge in [-0.3, -0.25) is 4.18 Å². The fourth-order valence-electron chi connectivity index (χ4n) is 1.99. The Morgan fingerprint density at radius 2 is 1.94 bits per heavy atom. The molecule has 0 aromatic heterocycles. The Kier molecular flexibility index (Phi) is 3.69. The van der Waals surface area contributed by atoms with Gasteiger partial charge >= 0.3 is 0 Å². The van der Waals surface area contributed by atoms with Gasteiger partial charge in [0.05, 0.1) is 17.1 Å². The number of rotatable bonds is 4. The Morgan fingerprint density at radius 3 is 2.50 bits per heavy atom. The third kappa shape index (κ3) is 2.89. The van der Waals surface area contributed by atoms with Crippen LogP contribution in [0.2, 0.25) is 0 Å². The first-order valence-electron chi connectivity index (χ1n) is 5.88. The third-order valence-electron chi connectivity index (χ3n) is 3.14. The number of hydrogen-bond acceptors (Lipinski definition) is 4. The summed E-state index contributed by atoms with van der Waals surface area (Å²) in [4.78, 5) is 0.192. The van der Waals surface area contributed by atoms with Gasteiger partial charge in [-0.05, 0) is 37.8 Å². The van der Waals surface area contributed by atoms with Crippen molar-refractivity contribution < 1.29 is 12.6 Å². The van der Waals surface area contributed by atoms with Crippen LogP contribution in [0.1, 0.15) is 24.8 Å². The molecule has 0 unspecified atom stereocenters. The van der Waals surface area contributed by atoms with Gasteiger partial charge in [0.2, 0.25) is 0 Å². The number of aryl methyl sites for hydroxylation is 1. The van der Waals surface area contributed by atoms with Gasteiger partial charge in [0, 0.05) is 6.42 Å². The highest BCUT2D eigenvalue weighted by molar-refractivity contribution is 7.86. The van der Waals surface area contributed by atoms with E-state index in [2.05, 4.69) is 6.07 Å². The fourth-order valence-corrected chi connectivity index (χ4v) is 3.08. The van der Waals surface area contributed by atoms with Crippen molar-refractivity contribution in [3.8, 4) is 6.07 Å². The van der Waals surface area contributed by atoms with Crippen LogP contribution < -0.4 is 0 Å². The van der Waals surface area contributed by atoms with Crippen molar-refractivity contribution in [1.82, 2.24) is 0 Å². The second-order valence-corrected chi connectivity index (χ2v) is 6.26. The summed E-state index contributed by atoms with van der Waals surface area (Å²) in [6.07, 6.45) is 1.51. The lowest BCUT2D eigenvalue weighted by Gasteiger charge is -2.32. The molecule has 0 radical (unpaired) electrons. The molecule has 0 aliphatic heterocycles. The molecule has 1 aliphatic rings. The first kappa shape index (κ1) is 13.1. The number of hydrogen-bond donors (Lipinski definition) is 0. The summed E-state index contributed by atoms with van der Waals surface area (Å²) in [6, 6.07) is 8.68. The van der Waals surface area contributed by atoms with Crippen molar-refractivity contribution in [1.29, 1.82) is 5.26 Å². The summed E-state index contributed by atoms with van der Waals surface area (Å²) in [6.45, 7) is 1.90. The number of nitrogens with zero attached hydrogens (tertiary/aromatic N) is 1. The SMILES string of the molecule is Cc1ccc(S(=O)(=O)OC2CC(CC#N)C2)cc1. The minimum Gasteiger partial charge on any atom is -0.263 e. The second kappa shape index (κ2) is 5.09. The van der Waals surface area contributed by atoms with E-state index in [0.29, 0.717) is 19.3 Å². The Balaban J connectivity index is 1.97. The molecule has 1 saturated carbocycles. The molecule has 1 aromatic carbocycles. The molecule has 1 aromatic rings. The van der Waals surface area contributed by atoms with Crippen LogP contribution in [-0.2, 0) is 14.3 Å². The summed E-state index contributed by atoms with van der Waals surface area (Å²) in [5.74, 6) is 0.285. The Bertz CT molecular complexity index is 551. The van der Waals surface area contributed by atoms with Crippen LogP contribution >= 0.6 is 0 Å². The average Bonchev–Trinajstić information content (AvgIpc) is 2.27. The van der Waals surface area contributed by atoms with Gasteiger partial charge in [-0.15, -0.1) is 0 Å². The van der Waals surface area contributed by atoms with E-state index in [-0.39, 0.29) is 16.9 Å². The minimum atomic E-state index is -3.66. The van der Waals surface area contributed by atoms with E-state index in [1.165, 1.54) is 0 Å². The van der Waals surface area contributed by atoms with E-state index in [1.54, 1.807) is 24.3 Å². The molecule has 4 nitrogen and oxygen atoms in total. The highest BCUT2D eigenvalue weighted by Gasteiger charge is 2.33. The number of nitriles is 1. The Labute approximate surface area is 107 Å². The molecule has 1 fully saturated rings. The van der Waals surface area contributed by atoms with Crippen LogP contribution in [0.4, 0.5) is 0 Å². The normalized spacial score (nSPS) is 23.1. The molecule has 0 spiro atoms. The zero-order valence-electron chi connectivity index (χ0n) is 10.2. The van der Waals surface area contributed by atoms with Crippen LogP contribution in [0.15, 0.2) is 29.2 Å². The maximum absolute atomic E-state index is 11.9. The largest absolute Gasteiger partial charge is 0.297 e. The zero-order chi connectivity index (χ0) is 13.2. The Morgan fingerprint density at radius 1 is 1.33 bits per heavy atom. The van der Waals surface area contributed by atoms with Crippen molar-refractivity contribution in [2.24, 2.45) is 5.92 Å². The quantitative estimate of drug-likeness (QED) is 0.784. The van der Waals surface area contributed by atoms with E-state index >= 15 is 0 Å². The first-order chi connectivity index (χ1) is 8.51. The zero-order valence-corrected chi connectivity index (χ0v) is 11.0. The molecule has 0 bridgehead atoms. The summed E-state index contributed by atoms with van der Waals surface area (Å²) in [7, 11) is -3.66. The lowest BCUT2D eigenvalue weighted by Crippen LogP contribution is -2.33. The predicted octanol–water partition coefficient (Wildman–Crippen LogP) is 2.39. The lowest BCUT2D eigenvalue weighted by molar-refractivity contribution is 0.0733. The average molecular weight is 265 g/mol. The third-order valence-corrected chi connectivity index (χ3v) is 4.52. The molecular formula is C13H15NO3S. The molecule has 5 heteroatoms. The number of benzene rings is 1. The van der Waals surface area contributed by atoms with E-state index < -0.39 is 10.1 Å². The van der Waals surface area contributed by atoms with Crippen molar-refractivity contribution >= 4 is 10.1 Å². The monoisotopic (exact) mass is 265 g/mol. The van der Waals surface area contributed by atoms with E-state index in [1.807, 2.05) is 6.92 Å². The molecular weight excluding hydrogens is 250 g/mol. The summed E-state index contributed by atoms with van der Waals surface area (Å²) in [5.41, 5.74) is 1.01. The molecule has 96 valence electrons. The van der Waals surface area contributed by atoms with Crippen LogP contribution in [-0.4, -0.2) is 14.5 Å². The maximum Gasteiger partial charge on any atom is 0.297 e. The van der Waals surface area contributed by atoms with Gasteiger partial charge in [-0.2, -0.15) is 13.7 Å². The van der Waals surface area contributed by atoms with Gasteiger partial charge < -0.3 is 0 Å². The van der Waals surface area contributed by atoms with Crippen LogP contribution in [0.5, 0.6) is 0 Å².